The highest BCUT2D eigenvalue weighted by molar-refractivity contribution is 9.10. The number of hydrogen-bond donors (Lipinski definition) is 1. The minimum atomic E-state index is -0.208. The zero-order valence-corrected chi connectivity index (χ0v) is 12.0. The highest BCUT2D eigenvalue weighted by atomic mass is 79.9. The van der Waals surface area contributed by atoms with Crippen LogP contribution < -0.4 is 5.32 Å². The second kappa shape index (κ2) is 4.79. The molecule has 2 aromatic rings. The lowest BCUT2D eigenvalue weighted by molar-refractivity contribution is -0.110. The molecule has 0 radical (unpaired) electrons. The van der Waals surface area contributed by atoms with Gasteiger partial charge in [-0.2, -0.15) is 0 Å². The first-order chi connectivity index (χ1) is 9.15. The number of anilines is 1. The molecular formula is C14H8BrClN2O. The topological polar surface area (TPSA) is 41.5 Å². The molecular weight excluding hydrogens is 328 g/mol. The van der Waals surface area contributed by atoms with Crippen molar-refractivity contribution in [1.82, 2.24) is 0 Å². The standard InChI is InChI=1S/C14H8BrClN2O/c15-8-5-6-12(10(16)7-8)17-13-9-3-1-2-4-11(9)18-14(13)19/h1-7H,(H,17,18,19). The second-order valence-corrected chi connectivity index (χ2v) is 5.38. The molecule has 2 aromatic carbocycles. The number of carbonyl (C=O) groups is 1. The molecule has 5 heteroatoms. The van der Waals surface area contributed by atoms with Crippen molar-refractivity contribution in [3.05, 3.63) is 57.5 Å². The van der Waals surface area contributed by atoms with Crippen molar-refractivity contribution in [3.8, 4) is 0 Å². The Bertz CT molecular complexity index is 712. The molecule has 1 aliphatic heterocycles. The van der Waals surface area contributed by atoms with Crippen molar-refractivity contribution in [2.75, 3.05) is 5.32 Å². The van der Waals surface area contributed by atoms with Gasteiger partial charge in [0, 0.05) is 10.0 Å². The zero-order chi connectivity index (χ0) is 13.4. The molecule has 0 aromatic heterocycles. The average Bonchev–Trinajstić information content (AvgIpc) is 2.69. The third-order valence-electron chi connectivity index (χ3n) is 2.79. The molecule has 19 heavy (non-hydrogen) atoms. The van der Waals surface area contributed by atoms with E-state index in [4.69, 9.17) is 11.6 Å². The number of amides is 1. The van der Waals surface area contributed by atoms with Crippen molar-refractivity contribution in [2.24, 2.45) is 4.99 Å². The number of halogens is 2. The molecule has 0 saturated carbocycles. The number of fused-ring (bicyclic) bond motifs is 1. The fourth-order valence-corrected chi connectivity index (χ4v) is 2.62. The van der Waals surface area contributed by atoms with E-state index in [0.717, 1.165) is 15.7 Å². The van der Waals surface area contributed by atoms with Crippen molar-refractivity contribution < 1.29 is 4.79 Å². The van der Waals surface area contributed by atoms with E-state index >= 15 is 0 Å². The quantitative estimate of drug-likeness (QED) is 0.834. The molecule has 3 nitrogen and oxygen atoms in total. The molecule has 1 heterocycles. The van der Waals surface area contributed by atoms with Crippen LogP contribution in [0.2, 0.25) is 5.02 Å². The van der Waals surface area contributed by atoms with Gasteiger partial charge in [-0.3, -0.25) is 4.79 Å². The van der Waals surface area contributed by atoms with Gasteiger partial charge in [0.25, 0.3) is 5.91 Å². The molecule has 1 N–H and O–H groups in total. The minimum Gasteiger partial charge on any atom is -0.320 e. The Kier molecular flexibility index (Phi) is 3.12. The number of hydrogen-bond acceptors (Lipinski definition) is 2. The van der Waals surface area contributed by atoms with Crippen LogP contribution in [0.25, 0.3) is 0 Å². The predicted molar refractivity (Wildman–Crippen MR) is 80.4 cm³/mol. The molecule has 0 bridgehead atoms. The zero-order valence-electron chi connectivity index (χ0n) is 9.65. The van der Waals surface area contributed by atoms with E-state index < -0.39 is 0 Å². The third kappa shape index (κ3) is 2.29. The monoisotopic (exact) mass is 334 g/mol. The fourth-order valence-electron chi connectivity index (χ4n) is 1.91. The fraction of sp³-hybridized carbons (Fsp3) is 0. The molecule has 1 amide bonds. The van der Waals surface area contributed by atoms with E-state index in [9.17, 15) is 4.79 Å². The molecule has 0 spiro atoms. The summed E-state index contributed by atoms with van der Waals surface area (Å²) in [6.07, 6.45) is 0. The maximum atomic E-state index is 11.9. The third-order valence-corrected chi connectivity index (χ3v) is 3.58. The summed E-state index contributed by atoms with van der Waals surface area (Å²) in [6, 6.07) is 12.8. The van der Waals surface area contributed by atoms with Gasteiger partial charge in [0.05, 0.1) is 16.4 Å². The van der Waals surface area contributed by atoms with Gasteiger partial charge in [0.2, 0.25) is 0 Å². The van der Waals surface area contributed by atoms with Crippen LogP contribution in [-0.4, -0.2) is 11.6 Å². The van der Waals surface area contributed by atoms with E-state index in [1.165, 1.54) is 0 Å². The van der Waals surface area contributed by atoms with Crippen LogP contribution in [0.1, 0.15) is 5.56 Å². The number of carbonyl (C=O) groups excluding carboxylic acids is 1. The van der Waals surface area contributed by atoms with Gasteiger partial charge in [-0.1, -0.05) is 45.7 Å². The van der Waals surface area contributed by atoms with Crippen molar-refractivity contribution in [1.29, 1.82) is 0 Å². The lowest BCUT2D eigenvalue weighted by atomic mass is 10.1. The highest BCUT2D eigenvalue weighted by Crippen LogP contribution is 2.31. The highest BCUT2D eigenvalue weighted by Gasteiger charge is 2.25. The van der Waals surface area contributed by atoms with Gasteiger partial charge in [0.1, 0.15) is 5.71 Å². The Morgan fingerprint density at radius 3 is 2.74 bits per heavy atom. The van der Waals surface area contributed by atoms with E-state index in [1.54, 1.807) is 12.1 Å². The summed E-state index contributed by atoms with van der Waals surface area (Å²) in [7, 11) is 0. The first-order valence-corrected chi connectivity index (χ1v) is 6.77. The van der Waals surface area contributed by atoms with Gasteiger partial charge in [-0.15, -0.1) is 0 Å². The predicted octanol–water partition coefficient (Wildman–Crippen LogP) is 4.18. The molecule has 0 unspecified atom stereocenters. The summed E-state index contributed by atoms with van der Waals surface area (Å²) in [6.45, 7) is 0. The van der Waals surface area contributed by atoms with Gasteiger partial charge in [-0.25, -0.2) is 4.99 Å². The smallest absolute Gasteiger partial charge is 0.275 e. The summed E-state index contributed by atoms with van der Waals surface area (Å²) >= 11 is 9.45. The van der Waals surface area contributed by atoms with Crippen LogP contribution in [0, 0.1) is 0 Å². The van der Waals surface area contributed by atoms with Crippen LogP contribution in [-0.2, 0) is 4.79 Å². The maximum absolute atomic E-state index is 11.9. The molecule has 0 saturated heterocycles. The lowest BCUT2D eigenvalue weighted by Gasteiger charge is -2.01. The average molecular weight is 336 g/mol. The first kappa shape index (κ1) is 12.4. The number of nitrogens with zero attached hydrogens (tertiary/aromatic N) is 1. The van der Waals surface area contributed by atoms with Crippen molar-refractivity contribution in [2.45, 2.75) is 0 Å². The van der Waals surface area contributed by atoms with E-state index in [0.29, 0.717) is 16.4 Å². The van der Waals surface area contributed by atoms with Gasteiger partial charge in [0.15, 0.2) is 0 Å². The Morgan fingerprint density at radius 1 is 1.16 bits per heavy atom. The molecule has 1 aliphatic rings. The summed E-state index contributed by atoms with van der Waals surface area (Å²) in [4.78, 5) is 16.3. The number of aliphatic imine (C=N–C) groups is 1. The summed E-state index contributed by atoms with van der Waals surface area (Å²) in [5, 5.41) is 3.28. The van der Waals surface area contributed by atoms with Crippen LogP contribution in [0.4, 0.5) is 11.4 Å². The molecule has 0 aliphatic carbocycles. The van der Waals surface area contributed by atoms with Crippen LogP contribution in [0.15, 0.2) is 51.9 Å². The van der Waals surface area contributed by atoms with Crippen LogP contribution >= 0.6 is 27.5 Å². The van der Waals surface area contributed by atoms with Gasteiger partial charge >= 0.3 is 0 Å². The lowest BCUT2D eigenvalue weighted by Crippen LogP contribution is -2.13. The maximum Gasteiger partial charge on any atom is 0.275 e. The van der Waals surface area contributed by atoms with E-state index in [-0.39, 0.29) is 5.91 Å². The molecule has 3 rings (SSSR count). The number of para-hydroxylation sites is 1. The molecule has 94 valence electrons. The Hall–Kier alpha value is -1.65. The minimum absolute atomic E-state index is 0.208. The van der Waals surface area contributed by atoms with E-state index in [1.807, 2.05) is 30.3 Å². The number of nitrogens with one attached hydrogen (secondary N) is 1. The summed E-state index contributed by atoms with van der Waals surface area (Å²) in [5.41, 5.74) is 2.54. The SMILES string of the molecule is O=C1Nc2ccccc2C1=Nc1ccc(Br)cc1Cl. The second-order valence-electron chi connectivity index (χ2n) is 4.06. The van der Waals surface area contributed by atoms with Crippen molar-refractivity contribution in [3.63, 3.8) is 0 Å². The first-order valence-electron chi connectivity index (χ1n) is 5.59. The van der Waals surface area contributed by atoms with Gasteiger partial charge in [-0.05, 0) is 24.3 Å². The van der Waals surface area contributed by atoms with Crippen molar-refractivity contribution >= 4 is 50.5 Å². The largest absolute Gasteiger partial charge is 0.320 e. The van der Waals surface area contributed by atoms with Gasteiger partial charge < -0.3 is 5.32 Å². The van der Waals surface area contributed by atoms with E-state index in [2.05, 4.69) is 26.2 Å². The normalized spacial score (nSPS) is 15.5. The number of rotatable bonds is 1. The molecule has 0 fully saturated rings. The van der Waals surface area contributed by atoms with Crippen LogP contribution in [0.5, 0.6) is 0 Å². The Balaban J connectivity index is 2.11. The number of benzene rings is 2. The Morgan fingerprint density at radius 2 is 1.95 bits per heavy atom. The summed E-state index contributed by atoms with van der Waals surface area (Å²) < 4.78 is 0.873. The molecule has 0 atom stereocenters. The summed E-state index contributed by atoms with van der Waals surface area (Å²) in [5.74, 6) is -0.208. The van der Waals surface area contributed by atoms with Crippen LogP contribution in [0.3, 0.4) is 0 Å². The Labute approximate surface area is 123 Å².